The Kier molecular flexibility index (Phi) is 4.99. The van der Waals surface area contributed by atoms with Gasteiger partial charge >= 0.3 is 0 Å². The summed E-state index contributed by atoms with van der Waals surface area (Å²) >= 11 is 7.81. The molecule has 2 aromatic heterocycles. The van der Waals surface area contributed by atoms with Crippen LogP contribution in [-0.4, -0.2) is 23.3 Å². The lowest BCUT2D eigenvalue weighted by atomic mass is 9.89. The average Bonchev–Trinajstić information content (AvgIpc) is 3.33. The maximum atomic E-state index is 6.27. The first-order valence-electron chi connectivity index (χ1n) is 9.85. The molecule has 1 N–H and O–H groups in total. The maximum absolute atomic E-state index is 6.27. The number of nitrogens with one attached hydrogen (secondary N) is 1. The van der Waals surface area contributed by atoms with E-state index in [1.807, 2.05) is 12.1 Å². The fraction of sp³-hybridized carbons (Fsp3) is 0.429. The van der Waals surface area contributed by atoms with Crippen molar-refractivity contribution >= 4 is 39.0 Å². The molecule has 146 valence electrons. The van der Waals surface area contributed by atoms with Gasteiger partial charge < -0.3 is 14.8 Å². The second-order valence-corrected chi connectivity index (χ2v) is 9.06. The van der Waals surface area contributed by atoms with E-state index in [0.717, 1.165) is 50.7 Å². The molecule has 1 aliphatic carbocycles. The third kappa shape index (κ3) is 3.63. The van der Waals surface area contributed by atoms with Crippen LogP contribution < -0.4 is 14.8 Å². The molecule has 0 radical (unpaired) electrons. The van der Waals surface area contributed by atoms with E-state index in [1.165, 1.54) is 49.0 Å². The standard InChI is InChI=1S/C21H22ClN3O2S/c22-18-11-15-20(23-9-8-13-6-7-16-17(10-13)27-12-26-16)24-19(25-21(15)28-18)14-4-2-1-3-5-14/h6-7,10-11,14H,1-5,8-9,12H2,(H,23,24,25). The van der Waals surface area contributed by atoms with E-state index >= 15 is 0 Å². The minimum atomic E-state index is 0.304. The molecule has 0 unspecified atom stereocenters. The van der Waals surface area contributed by atoms with Crippen LogP contribution in [0.15, 0.2) is 24.3 Å². The second kappa shape index (κ2) is 7.76. The number of fused-ring (bicyclic) bond motifs is 2. The van der Waals surface area contributed by atoms with Crippen molar-refractivity contribution in [1.82, 2.24) is 9.97 Å². The molecule has 3 aromatic rings. The number of ether oxygens (including phenoxy) is 2. The van der Waals surface area contributed by atoms with E-state index in [4.69, 9.17) is 31.0 Å². The van der Waals surface area contributed by atoms with Crippen molar-refractivity contribution in [2.75, 3.05) is 18.7 Å². The summed E-state index contributed by atoms with van der Waals surface area (Å²) in [4.78, 5) is 10.7. The fourth-order valence-corrected chi connectivity index (χ4v) is 5.10. The highest BCUT2D eigenvalue weighted by atomic mass is 35.5. The number of anilines is 1. The van der Waals surface area contributed by atoms with Crippen LogP contribution in [0.1, 0.15) is 49.4 Å². The number of nitrogens with zero attached hydrogens (tertiary/aromatic N) is 2. The van der Waals surface area contributed by atoms with Gasteiger partial charge in [-0.2, -0.15) is 0 Å². The highest BCUT2D eigenvalue weighted by Gasteiger charge is 2.21. The molecule has 5 nitrogen and oxygen atoms in total. The van der Waals surface area contributed by atoms with Crippen LogP contribution in [0.4, 0.5) is 5.82 Å². The van der Waals surface area contributed by atoms with Gasteiger partial charge in [0.2, 0.25) is 6.79 Å². The van der Waals surface area contributed by atoms with Crippen LogP contribution in [0.2, 0.25) is 4.34 Å². The number of hydrogen-bond donors (Lipinski definition) is 1. The van der Waals surface area contributed by atoms with Gasteiger partial charge in [-0.15, -0.1) is 11.3 Å². The number of hydrogen-bond acceptors (Lipinski definition) is 6. The number of rotatable bonds is 5. The van der Waals surface area contributed by atoms with Crippen molar-refractivity contribution in [3.05, 3.63) is 40.0 Å². The topological polar surface area (TPSA) is 56.3 Å². The number of benzene rings is 1. The van der Waals surface area contributed by atoms with Crippen molar-refractivity contribution in [3.63, 3.8) is 0 Å². The normalized spacial score (nSPS) is 16.6. The van der Waals surface area contributed by atoms with Gasteiger partial charge in [0, 0.05) is 12.5 Å². The van der Waals surface area contributed by atoms with Crippen LogP contribution in [-0.2, 0) is 6.42 Å². The Morgan fingerprint density at radius 2 is 1.93 bits per heavy atom. The highest BCUT2D eigenvalue weighted by Crippen LogP contribution is 2.37. The van der Waals surface area contributed by atoms with E-state index < -0.39 is 0 Å². The Balaban J connectivity index is 1.35. The van der Waals surface area contributed by atoms with Gasteiger partial charge in [0.05, 0.1) is 9.72 Å². The quantitative estimate of drug-likeness (QED) is 0.572. The lowest BCUT2D eigenvalue weighted by molar-refractivity contribution is 0.174. The molecule has 28 heavy (non-hydrogen) atoms. The molecule has 1 aliphatic heterocycles. The van der Waals surface area contributed by atoms with E-state index in [9.17, 15) is 0 Å². The Hall–Kier alpha value is -2.05. The van der Waals surface area contributed by atoms with Gasteiger partial charge in [0.15, 0.2) is 11.5 Å². The summed E-state index contributed by atoms with van der Waals surface area (Å²) in [5.41, 5.74) is 1.21. The molecule has 7 heteroatoms. The van der Waals surface area contributed by atoms with Gasteiger partial charge in [-0.3, -0.25) is 0 Å². The van der Waals surface area contributed by atoms with Crippen LogP contribution in [0, 0.1) is 0 Å². The predicted molar refractivity (Wildman–Crippen MR) is 113 cm³/mol. The molecule has 1 fully saturated rings. The lowest BCUT2D eigenvalue weighted by Gasteiger charge is -2.21. The Bertz CT molecular complexity index is 1000. The first-order chi connectivity index (χ1) is 13.8. The highest BCUT2D eigenvalue weighted by molar-refractivity contribution is 7.22. The monoisotopic (exact) mass is 415 g/mol. The molecule has 5 rings (SSSR count). The number of halogens is 1. The van der Waals surface area contributed by atoms with Crippen molar-refractivity contribution in [3.8, 4) is 11.5 Å². The third-order valence-electron chi connectivity index (χ3n) is 5.49. The van der Waals surface area contributed by atoms with Crippen LogP contribution >= 0.6 is 22.9 Å². The Morgan fingerprint density at radius 3 is 2.82 bits per heavy atom. The largest absolute Gasteiger partial charge is 0.454 e. The van der Waals surface area contributed by atoms with Crippen molar-refractivity contribution in [1.29, 1.82) is 0 Å². The van der Waals surface area contributed by atoms with Gasteiger partial charge in [-0.25, -0.2) is 9.97 Å². The minimum absolute atomic E-state index is 0.304. The summed E-state index contributed by atoms with van der Waals surface area (Å²) in [7, 11) is 0. The molecule has 3 heterocycles. The molecule has 1 saturated carbocycles. The molecular formula is C21H22ClN3O2S. The van der Waals surface area contributed by atoms with Gasteiger partial charge in [-0.1, -0.05) is 36.9 Å². The van der Waals surface area contributed by atoms with Crippen molar-refractivity contribution in [2.45, 2.75) is 44.4 Å². The second-order valence-electron chi connectivity index (χ2n) is 7.40. The number of thiophene rings is 1. The van der Waals surface area contributed by atoms with Gasteiger partial charge in [0.1, 0.15) is 16.5 Å². The zero-order chi connectivity index (χ0) is 18.9. The number of aromatic nitrogens is 2. The summed E-state index contributed by atoms with van der Waals surface area (Å²) in [6.07, 6.45) is 7.10. The molecule has 0 spiro atoms. The van der Waals surface area contributed by atoms with E-state index in [1.54, 1.807) is 0 Å². The van der Waals surface area contributed by atoms with E-state index in [2.05, 4.69) is 17.4 Å². The van der Waals surface area contributed by atoms with Crippen molar-refractivity contribution < 1.29 is 9.47 Å². The molecule has 0 saturated heterocycles. The van der Waals surface area contributed by atoms with E-state index in [0.29, 0.717) is 12.7 Å². The molecule has 0 atom stereocenters. The summed E-state index contributed by atoms with van der Waals surface area (Å²) in [5.74, 6) is 3.98. The smallest absolute Gasteiger partial charge is 0.231 e. The first-order valence-corrected chi connectivity index (χ1v) is 11.0. The lowest BCUT2D eigenvalue weighted by Crippen LogP contribution is -2.12. The summed E-state index contributed by atoms with van der Waals surface area (Å²) in [6.45, 7) is 1.09. The van der Waals surface area contributed by atoms with Crippen LogP contribution in [0.25, 0.3) is 10.2 Å². The zero-order valence-electron chi connectivity index (χ0n) is 15.5. The van der Waals surface area contributed by atoms with Crippen molar-refractivity contribution in [2.24, 2.45) is 0 Å². The maximum Gasteiger partial charge on any atom is 0.231 e. The van der Waals surface area contributed by atoms with Gasteiger partial charge in [0.25, 0.3) is 0 Å². The first kappa shape index (κ1) is 18.0. The molecule has 2 aliphatic rings. The molecule has 0 amide bonds. The molecular weight excluding hydrogens is 394 g/mol. The fourth-order valence-electron chi connectivity index (χ4n) is 4.01. The van der Waals surface area contributed by atoms with Crippen LogP contribution in [0.5, 0.6) is 11.5 Å². The summed E-state index contributed by atoms with van der Waals surface area (Å²) < 4.78 is 11.6. The summed E-state index contributed by atoms with van der Waals surface area (Å²) in [5, 5.41) is 4.54. The van der Waals surface area contributed by atoms with E-state index in [-0.39, 0.29) is 0 Å². The Labute approximate surface area is 173 Å². The minimum Gasteiger partial charge on any atom is -0.454 e. The van der Waals surface area contributed by atoms with Crippen LogP contribution in [0.3, 0.4) is 0 Å². The average molecular weight is 416 g/mol. The molecule has 1 aromatic carbocycles. The Morgan fingerprint density at radius 1 is 1.07 bits per heavy atom. The predicted octanol–water partition coefficient (Wildman–Crippen LogP) is 5.78. The SMILES string of the molecule is Clc1cc2c(NCCc3ccc4c(c3)OCO4)nc(C3CCCCC3)nc2s1. The summed E-state index contributed by atoms with van der Waals surface area (Å²) in [6, 6.07) is 8.07. The van der Waals surface area contributed by atoms with Gasteiger partial charge in [-0.05, 0) is 43.0 Å². The molecule has 0 bridgehead atoms. The zero-order valence-corrected chi connectivity index (χ0v) is 17.1. The third-order valence-corrected chi connectivity index (χ3v) is 6.65.